The van der Waals surface area contributed by atoms with Crippen molar-refractivity contribution in [3.05, 3.63) is 40.9 Å². The minimum absolute atomic E-state index is 0.105. The Morgan fingerprint density at radius 1 is 1.05 bits per heavy atom. The highest BCUT2D eigenvalue weighted by Crippen LogP contribution is 2.22. The van der Waals surface area contributed by atoms with Crippen molar-refractivity contribution in [3.63, 3.8) is 0 Å². The first kappa shape index (κ1) is 17.7. The van der Waals surface area contributed by atoms with Gasteiger partial charge in [0.1, 0.15) is 5.03 Å². The third-order valence-corrected chi connectivity index (χ3v) is 2.79. The van der Waals surface area contributed by atoms with Gasteiger partial charge in [-0.3, -0.25) is 4.79 Å². The van der Waals surface area contributed by atoms with Crippen LogP contribution in [0.4, 0.5) is 5.69 Å². The Morgan fingerprint density at radius 2 is 1.58 bits per heavy atom. The molecule has 0 aliphatic carbocycles. The monoisotopic (exact) mass is 281 g/mol. The maximum Gasteiger partial charge on any atom is 0.269 e. The predicted molar refractivity (Wildman–Crippen MR) is 84.8 cm³/mol. The van der Waals surface area contributed by atoms with Crippen molar-refractivity contribution < 1.29 is 4.79 Å². The molecule has 1 aromatic rings. The molecule has 0 bridgehead atoms. The van der Waals surface area contributed by atoms with Crippen LogP contribution in [0.15, 0.2) is 35.4 Å². The smallest absolute Gasteiger partial charge is 0.269 e. The number of halogens is 1. The summed E-state index contributed by atoms with van der Waals surface area (Å²) < 4.78 is 0. The van der Waals surface area contributed by atoms with Crippen molar-refractivity contribution in [2.45, 2.75) is 41.0 Å². The third-order valence-electron chi connectivity index (χ3n) is 2.47. The number of hydrogen-bond acceptors (Lipinski definition) is 1. The lowest BCUT2D eigenvalue weighted by molar-refractivity contribution is -0.114. The molecular weight excluding hydrogens is 258 g/mol. The van der Waals surface area contributed by atoms with Crippen LogP contribution in [0, 0.1) is 6.92 Å². The highest BCUT2D eigenvalue weighted by Gasteiger charge is 2.21. The van der Waals surface area contributed by atoms with Crippen LogP contribution >= 0.6 is 11.6 Å². The fourth-order valence-electron chi connectivity index (χ4n) is 1.61. The number of nitrogens with zero attached hydrogens (tertiary/aromatic N) is 1. The molecule has 0 spiro atoms. The lowest BCUT2D eigenvalue weighted by atomic mass is 10.1. The fourth-order valence-corrected chi connectivity index (χ4v) is 1.82. The van der Waals surface area contributed by atoms with E-state index in [1.54, 1.807) is 11.0 Å². The quantitative estimate of drug-likeness (QED) is 0.716. The second-order valence-corrected chi connectivity index (χ2v) is 4.04. The Balaban J connectivity index is 0.000000741. The highest BCUT2D eigenvalue weighted by atomic mass is 35.5. The zero-order chi connectivity index (χ0) is 14.8. The van der Waals surface area contributed by atoms with Gasteiger partial charge in [-0.1, -0.05) is 63.1 Å². The Hall–Kier alpha value is -1.28. The molecule has 0 saturated heterocycles. The van der Waals surface area contributed by atoms with Crippen LogP contribution in [-0.2, 0) is 4.79 Å². The molecule has 2 rings (SSSR count). The highest BCUT2D eigenvalue weighted by molar-refractivity contribution is 6.44. The van der Waals surface area contributed by atoms with Crippen molar-refractivity contribution in [1.82, 2.24) is 0 Å². The number of rotatable bonds is 1. The molecule has 1 aromatic carbocycles. The standard InChI is InChI=1S/C12H12ClNO.2C2H6/c1-9-4-6-10(7-5-9)14-8-2-3-11(13)12(14)15;2*1-2/h3-7H,2,8H2,1H3;2*1-2H3. The number of hydrogen-bond donors (Lipinski definition) is 0. The van der Waals surface area contributed by atoms with Gasteiger partial charge in [0.25, 0.3) is 5.91 Å². The molecule has 1 amide bonds. The van der Waals surface area contributed by atoms with E-state index < -0.39 is 0 Å². The van der Waals surface area contributed by atoms with Crippen LogP contribution in [0.25, 0.3) is 0 Å². The van der Waals surface area contributed by atoms with Crippen LogP contribution in [0.3, 0.4) is 0 Å². The molecule has 0 saturated carbocycles. The molecule has 0 unspecified atom stereocenters. The Labute approximate surface area is 122 Å². The van der Waals surface area contributed by atoms with Crippen LogP contribution < -0.4 is 4.90 Å². The van der Waals surface area contributed by atoms with E-state index >= 15 is 0 Å². The van der Waals surface area contributed by atoms with Gasteiger partial charge in [0.05, 0.1) is 0 Å². The summed E-state index contributed by atoms with van der Waals surface area (Å²) in [5.74, 6) is -0.105. The van der Waals surface area contributed by atoms with Crippen molar-refractivity contribution in [2.24, 2.45) is 0 Å². The molecule has 0 aromatic heterocycles. The summed E-state index contributed by atoms with van der Waals surface area (Å²) in [6.07, 6.45) is 2.59. The van der Waals surface area contributed by atoms with E-state index in [0.717, 1.165) is 12.1 Å². The molecule has 0 radical (unpaired) electrons. The first-order valence-electron chi connectivity index (χ1n) is 6.92. The fraction of sp³-hybridized carbons (Fsp3) is 0.438. The average Bonchev–Trinajstić information content (AvgIpc) is 2.47. The second-order valence-electron chi connectivity index (χ2n) is 3.63. The van der Waals surface area contributed by atoms with Crippen molar-refractivity contribution in [3.8, 4) is 0 Å². The number of amides is 1. The molecule has 3 heteroatoms. The molecule has 2 nitrogen and oxygen atoms in total. The lowest BCUT2D eigenvalue weighted by Crippen LogP contribution is -2.34. The van der Waals surface area contributed by atoms with E-state index in [4.69, 9.17) is 11.6 Å². The van der Waals surface area contributed by atoms with Crippen LogP contribution in [0.1, 0.15) is 39.7 Å². The summed E-state index contributed by atoms with van der Waals surface area (Å²) in [6.45, 7) is 10.7. The van der Waals surface area contributed by atoms with Gasteiger partial charge < -0.3 is 4.90 Å². The van der Waals surface area contributed by atoms with Crippen LogP contribution in [-0.4, -0.2) is 12.5 Å². The zero-order valence-corrected chi connectivity index (χ0v) is 13.3. The van der Waals surface area contributed by atoms with Gasteiger partial charge in [0.2, 0.25) is 0 Å². The summed E-state index contributed by atoms with van der Waals surface area (Å²) in [7, 11) is 0. The molecular formula is C16H24ClNO. The molecule has 19 heavy (non-hydrogen) atoms. The van der Waals surface area contributed by atoms with E-state index in [0.29, 0.717) is 11.6 Å². The van der Waals surface area contributed by atoms with E-state index in [1.165, 1.54) is 5.56 Å². The van der Waals surface area contributed by atoms with Gasteiger partial charge in [-0.25, -0.2) is 0 Å². The largest absolute Gasteiger partial charge is 0.307 e. The van der Waals surface area contributed by atoms with E-state index in [2.05, 4.69) is 0 Å². The van der Waals surface area contributed by atoms with Gasteiger partial charge in [-0.15, -0.1) is 0 Å². The van der Waals surface area contributed by atoms with Crippen molar-refractivity contribution in [2.75, 3.05) is 11.4 Å². The molecule has 0 atom stereocenters. The molecule has 1 aliphatic rings. The molecule has 0 fully saturated rings. The average molecular weight is 282 g/mol. The third kappa shape index (κ3) is 5.07. The van der Waals surface area contributed by atoms with Gasteiger partial charge in [-0.2, -0.15) is 0 Å². The number of benzene rings is 1. The Bertz CT molecular complexity index is 409. The summed E-state index contributed by atoms with van der Waals surface area (Å²) in [6, 6.07) is 7.88. The molecule has 1 heterocycles. The summed E-state index contributed by atoms with van der Waals surface area (Å²) in [5, 5.41) is 0.321. The number of aryl methyl sites for hydroxylation is 1. The van der Waals surface area contributed by atoms with Gasteiger partial charge in [0, 0.05) is 12.2 Å². The van der Waals surface area contributed by atoms with E-state index in [-0.39, 0.29) is 5.91 Å². The lowest BCUT2D eigenvalue weighted by Gasteiger charge is -2.25. The van der Waals surface area contributed by atoms with E-state index in [9.17, 15) is 4.79 Å². The normalized spacial score (nSPS) is 13.7. The summed E-state index contributed by atoms with van der Waals surface area (Å²) >= 11 is 5.81. The summed E-state index contributed by atoms with van der Waals surface area (Å²) in [4.78, 5) is 13.4. The number of carbonyl (C=O) groups is 1. The SMILES string of the molecule is CC.CC.Cc1ccc(N2CCC=C(Cl)C2=O)cc1. The minimum Gasteiger partial charge on any atom is -0.307 e. The topological polar surface area (TPSA) is 20.3 Å². The molecule has 1 aliphatic heterocycles. The second kappa shape index (κ2) is 9.62. The first-order valence-corrected chi connectivity index (χ1v) is 7.30. The van der Waals surface area contributed by atoms with Gasteiger partial charge in [-0.05, 0) is 25.5 Å². The van der Waals surface area contributed by atoms with Crippen molar-refractivity contribution in [1.29, 1.82) is 0 Å². The van der Waals surface area contributed by atoms with Gasteiger partial charge in [0.15, 0.2) is 0 Å². The first-order chi connectivity index (χ1) is 9.18. The number of carbonyl (C=O) groups excluding carboxylic acids is 1. The summed E-state index contributed by atoms with van der Waals surface area (Å²) in [5.41, 5.74) is 2.10. The van der Waals surface area contributed by atoms with E-state index in [1.807, 2.05) is 58.9 Å². The molecule has 106 valence electrons. The number of anilines is 1. The minimum atomic E-state index is -0.105. The predicted octanol–water partition coefficient (Wildman–Crippen LogP) is 4.91. The van der Waals surface area contributed by atoms with Crippen LogP contribution in [0.5, 0.6) is 0 Å². The molecule has 0 N–H and O–H groups in total. The maximum absolute atomic E-state index is 11.7. The zero-order valence-electron chi connectivity index (χ0n) is 12.5. The van der Waals surface area contributed by atoms with Crippen LogP contribution in [0.2, 0.25) is 0 Å². The van der Waals surface area contributed by atoms with Gasteiger partial charge >= 0.3 is 0 Å². The Morgan fingerprint density at radius 3 is 2.11 bits per heavy atom. The maximum atomic E-state index is 11.7. The Kier molecular flexibility index (Phi) is 8.98. The van der Waals surface area contributed by atoms with Crippen molar-refractivity contribution >= 4 is 23.2 Å².